The van der Waals surface area contributed by atoms with Crippen molar-refractivity contribution in [2.75, 3.05) is 13.6 Å². The molecule has 7 nitrogen and oxygen atoms in total. The fraction of sp³-hybridized carbons (Fsp3) is 0.190. The van der Waals surface area contributed by atoms with Gasteiger partial charge in [-0.15, -0.1) is 11.6 Å². The van der Waals surface area contributed by atoms with Gasteiger partial charge in [0, 0.05) is 13.6 Å². The minimum absolute atomic E-state index is 0.0102. The Kier molecular flexibility index (Phi) is 8.26. The van der Waals surface area contributed by atoms with Crippen LogP contribution in [0.3, 0.4) is 0 Å². The van der Waals surface area contributed by atoms with Gasteiger partial charge in [-0.3, -0.25) is 5.32 Å². The third kappa shape index (κ3) is 7.33. The summed E-state index contributed by atoms with van der Waals surface area (Å²) in [5, 5.41) is 2.47. The van der Waals surface area contributed by atoms with Crippen LogP contribution in [0.4, 0.5) is 9.59 Å². The first kappa shape index (κ1) is 20.7. The first-order valence-corrected chi connectivity index (χ1v) is 8.67. The van der Waals surface area contributed by atoms with Crippen molar-refractivity contribution in [3.8, 4) is 0 Å². The third-order valence-electron chi connectivity index (χ3n) is 3.59. The average Bonchev–Trinajstić information content (AvgIpc) is 2.72. The Morgan fingerprint density at radius 1 is 1.00 bits per heavy atom. The number of carbonyl (C=O) groups excluding carboxylic acids is 2. The topological polar surface area (TPSA) is 80.2 Å². The second-order valence-electron chi connectivity index (χ2n) is 5.83. The van der Waals surface area contributed by atoms with Crippen LogP contribution in [0.15, 0.2) is 78.3 Å². The molecule has 0 heterocycles. The molecule has 28 heavy (non-hydrogen) atoms. The fourth-order valence-electron chi connectivity index (χ4n) is 2.18. The number of alkyl carbamates (subject to hydrolysis) is 1. The third-order valence-corrected chi connectivity index (χ3v) is 3.59. The number of rotatable bonds is 6. The van der Waals surface area contributed by atoms with Crippen LogP contribution in [0, 0.1) is 0 Å². The Labute approximate surface area is 164 Å². The Balaban J connectivity index is 1.95. The van der Waals surface area contributed by atoms with E-state index < -0.39 is 12.2 Å². The Hall–Kier alpha value is -3.61. The number of ether oxygens (including phenoxy) is 2. The summed E-state index contributed by atoms with van der Waals surface area (Å²) in [5.41, 5.74) is 1.68. The molecule has 0 aliphatic heterocycles. The number of hydrogen-bond donors (Lipinski definition) is 1. The zero-order valence-corrected chi connectivity index (χ0v) is 15.7. The van der Waals surface area contributed by atoms with Gasteiger partial charge in [0.2, 0.25) is 5.96 Å². The predicted molar refractivity (Wildman–Crippen MR) is 107 cm³/mol. The highest BCUT2D eigenvalue weighted by Crippen LogP contribution is 2.03. The summed E-state index contributed by atoms with van der Waals surface area (Å²) >= 11 is 0. The lowest BCUT2D eigenvalue weighted by Gasteiger charge is -2.19. The van der Waals surface area contributed by atoms with Crippen LogP contribution in [0.2, 0.25) is 0 Å². The highest BCUT2D eigenvalue weighted by molar-refractivity contribution is 5.98. The molecule has 2 amide bonds. The lowest BCUT2D eigenvalue weighted by molar-refractivity contribution is 0.143. The summed E-state index contributed by atoms with van der Waals surface area (Å²) in [6, 6.07) is 18.5. The van der Waals surface area contributed by atoms with Crippen molar-refractivity contribution < 1.29 is 19.1 Å². The molecule has 0 saturated heterocycles. The summed E-state index contributed by atoms with van der Waals surface area (Å²) in [7, 11) is 1.66. The van der Waals surface area contributed by atoms with Gasteiger partial charge in [-0.1, -0.05) is 66.7 Å². The van der Waals surface area contributed by atoms with Crippen molar-refractivity contribution in [3.05, 3.63) is 84.4 Å². The zero-order chi connectivity index (χ0) is 20.2. The largest absolute Gasteiger partial charge is 0.444 e. The van der Waals surface area contributed by atoms with Crippen LogP contribution in [-0.4, -0.2) is 36.6 Å². The molecule has 0 fully saturated rings. The molecule has 0 unspecified atom stereocenters. The van der Waals surface area contributed by atoms with E-state index in [-0.39, 0.29) is 19.2 Å². The molecule has 2 aromatic rings. The molecule has 7 heteroatoms. The highest BCUT2D eigenvalue weighted by Gasteiger charge is 2.14. The summed E-state index contributed by atoms with van der Waals surface area (Å²) in [5.74, 6) is 0.0102. The van der Waals surface area contributed by atoms with Crippen molar-refractivity contribution in [2.24, 2.45) is 4.99 Å². The van der Waals surface area contributed by atoms with Gasteiger partial charge in [0.15, 0.2) is 0 Å². The summed E-state index contributed by atoms with van der Waals surface area (Å²) in [4.78, 5) is 29.5. The Morgan fingerprint density at radius 2 is 1.54 bits per heavy atom. The molecule has 1 N–H and O–H groups in total. The van der Waals surface area contributed by atoms with Gasteiger partial charge in [-0.25, -0.2) is 9.59 Å². The molecule has 2 rings (SSSR count). The minimum Gasteiger partial charge on any atom is -0.444 e. The molecule has 0 aliphatic carbocycles. The van der Waals surface area contributed by atoms with E-state index in [2.05, 4.69) is 16.9 Å². The summed E-state index contributed by atoms with van der Waals surface area (Å²) in [6.07, 6.45) is 0.0643. The van der Waals surface area contributed by atoms with E-state index in [9.17, 15) is 9.59 Å². The Bertz CT molecular complexity index is 807. The van der Waals surface area contributed by atoms with E-state index >= 15 is 0 Å². The van der Waals surface area contributed by atoms with Crippen LogP contribution >= 0.6 is 0 Å². The van der Waals surface area contributed by atoms with Crippen LogP contribution in [0.5, 0.6) is 0 Å². The zero-order valence-electron chi connectivity index (χ0n) is 15.7. The van der Waals surface area contributed by atoms with Gasteiger partial charge in [-0.2, -0.15) is 0 Å². The highest BCUT2D eigenvalue weighted by atomic mass is 16.6. The molecule has 0 spiro atoms. The van der Waals surface area contributed by atoms with Gasteiger partial charge in [0.1, 0.15) is 13.2 Å². The maximum absolute atomic E-state index is 12.1. The maximum Gasteiger partial charge on any atom is 0.437 e. The number of carbonyl (C=O) groups is 2. The quantitative estimate of drug-likeness (QED) is 0.469. The number of aliphatic imine (C=N–C) groups is 1. The van der Waals surface area contributed by atoms with Crippen molar-refractivity contribution in [1.82, 2.24) is 10.2 Å². The molecular formula is C21H23N3O4. The Morgan fingerprint density at radius 3 is 2.07 bits per heavy atom. The van der Waals surface area contributed by atoms with E-state index in [0.717, 1.165) is 11.1 Å². The van der Waals surface area contributed by atoms with Crippen molar-refractivity contribution in [2.45, 2.75) is 13.2 Å². The van der Waals surface area contributed by atoms with E-state index in [1.807, 2.05) is 60.7 Å². The van der Waals surface area contributed by atoms with E-state index in [1.165, 1.54) is 0 Å². The van der Waals surface area contributed by atoms with Crippen molar-refractivity contribution in [1.29, 1.82) is 0 Å². The van der Waals surface area contributed by atoms with Crippen molar-refractivity contribution in [3.63, 3.8) is 0 Å². The number of nitrogens with zero attached hydrogens (tertiary/aromatic N) is 2. The molecule has 2 aromatic carbocycles. The smallest absolute Gasteiger partial charge is 0.437 e. The lowest BCUT2D eigenvalue weighted by Crippen LogP contribution is -2.43. The summed E-state index contributed by atoms with van der Waals surface area (Å²) < 4.78 is 10.3. The van der Waals surface area contributed by atoms with Crippen LogP contribution in [0.25, 0.3) is 0 Å². The van der Waals surface area contributed by atoms with Crippen molar-refractivity contribution >= 4 is 18.1 Å². The average molecular weight is 381 g/mol. The fourth-order valence-corrected chi connectivity index (χ4v) is 2.18. The number of likely N-dealkylation sites (N-methyl/N-ethyl adjacent to an activating group) is 1. The molecule has 0 bridgehead atoms. The summed E-state index contributed by atoms with van der Waals surface area (Å²) in [6.45, 7) is 4.19. The molecule has 0 atom stereocenters. The molecular weight excluding hydrogens is 358 g/mol. The van der Waals surface area contributed by atoms with Crippen LogP contribution in [-0.2, 0) is 22.7 Å². The van der Waals surface area contributed by atoms with Gasteiger partial charge in [0.25, 0.3) is 0 Å². The standard InChI is InChI=1S/C21H23N3O4/c1-3-14-24(2)19(22-20(25)27-15-17-10-6-4-7-11-17)23-21(26)28-16-18-12-8-5-9-13-18/h3-13H,1,14-16H2,2H3,(H,22,23,25,26). The number of guanidine groups is 1. The molecule has 0 radical (unpaired) electrons. The number of hydrogen-bond acceptors (Lipinski definition) is 4. The second-order valence-corrected chi connectivity index (χ2v) is 5.83. The van der Waals surface area contributed by atoms with Crippen LogP contribution in [0.1, 0.15) is 11.1 Å². The maximum atomic E-state index is 12.1. The molecule has 0 aliphatic rings. The van der Waals surface area contributed by atoms with E-state index in [4.69, 9.17) is 9.47 Å². The molecule has 146 valence electrons. The second kappa shape index (κ2) is 11.2. The van der Waals surface area contributed by atoms with Gasteiger partial charge >= 0.3 is 12.2 Å². The predicted octanol–water partition coefficient (Wildman–Crippen LogP) is 3.72. The normalized spacial score (nSPS) is 10.7. The number of amides is 2. The first-order valence-electron chi connectivity index (χ1n) is 8.67. The van der Waals surface area contributed by atoms with Gasteiger partial charge < -0.3 is 14.4 Å². The molecule has 0 aromatic heterocycles. The minimum atomic E-state index is -0.821. The molecule has 0 saturated carbocycles. The van der Waals surface area contributed by atoms with E-state index in [0.29, 0.717) is 6.54 Å². The number of benzene rings is 2. The number of nitrogens with one attached hydrogen (secondary N) is 1. The lowest BCUT2D eigenvalue weighted by atomic mass is 10.2. The van der Waals surface area contributed by atoms with Gasteiger partial charge in [-0.05, 0) is 11.1 Å². The van der Waals surface area contributed by atoms with Crippen LogP contribution < -0.4 is 5.32 Å². The van der Waals surface area contributed by atoms with Gasteiger partial charge in [0.05, 0.1) is 0 Å². The van der Waals surface area contributed by atoms with E-state index in [1.54, 1.807) is 18.0 Å². The monoisotopic (exact) mass is 381 g/mol. The SMILES string of the molecule is C=CCN(C)/C(=N\C(=O)OCc1ccccc1)NC(=O)OCc1ccccc1. The first-order chi connectivity index (χ1) is 13.6.